The molecule has 1 aliphatic heterocycles. The highest BCUT2D eigenvalue weighted by atomic mass is 16.2. The van der Waals surface area contributed by atoms with E-state index in [1.165, 1.54) is 11.8 Å². The summed E-state index contributed by atoms with van der Waals surface area (Å²) in [6.45, 7) is 3.15. The minimum atomic E-state index is -0.255. The largest absolute Gasteiger partial charge is 0.333 e. The van der Waals surface area contributed by atoms with E-state index in [1.807, 2.05) is 49.4 Å². The Morgan fingerprint density at radius 1 is 1.00 bits per heavy atom. The third kappa shape index (κ3) is 3.64. The molecule has 2 heterocycles. The molecule has 3 aromatic rings. The Bertz CT molecular complexity index is 1050. The number of benzene rings is 2. The van der Waals surface area contributed by atoms with Crippen LogP contribution in [0.5, 0.6) is 0 Å². The lowest BCUT2D eigenvalue weighted by atomic mass is 9.99. The summed E-state index contributed by atoms with van der Waals surface area (Å²) in [6.07, 6.45) is 2.34. The zero-order valence-electron chi connectivity index (χ0n) is 15.7. The summed E-state index contributed by atoms with van der Waals surface area (Å²) in [5.41, 5.74) is 4.88. The van der Waals surface area contributed by atoms with Gasteiger partial charge in [-0.25, -0.2) is 0 Å². The van der Waals surface area contributed by atoms with Crippen molar-refractivity contribution in [1.82, 2.24) is 9.88 Å². The van der Waals surface area contributed by atoms with Gasteiger partial charge in [-0.3, -0.25) is 14.6 Å². The van der Waals surface area contributed by atoms with Crippen LogP contribution >= 0.6 is 0 Å². The minimum Gasteiger partial charge on any atom is -0.333 e. The zero-order chi connectivity index (χ0) is 19.5. The summed E-state index contributed by atoms with van der Waals surface area (Å²) in [7, 11) is 0. The van der Waals surface area contributed by atoms with Crippen molar-refractivity contribution < 1.29 is 9.59 Å². The van der Waals surface area contributed by atoms with E-state index in [9.17, 15) is 9.59 Å². The predicted octanol–water partition coefficient (Wildman–Crippen LogP) is 3.84. The van der Waals surface area contributed by atoms with Crippen molar-refractivity contribution in [2.75, 3.05) is 11.9 Å². The van der Waals surface area contributed by atoms with Crippen molar-refractivity contribution in [3.63, 3.8) is 0 Å². The first-order valence-electron chi connectivity index (χ1n) is 9.31. The second-order valence-corrected chi connectivity index (χ2v) is 6.94. The van der Waals surface area contributed by atoms with Gasteiger partial charge in [-0.2, -0.15) is 0 Å². The van der Waals surface area contributed by atoms with Crippen LogP contribution in [-0.2, 0) is 13.0 Å². The highest BCUT2D eigenvalue weighted by Crippen LogP contribution is 2.20. The van der Waals surface area contributed by atoms with Gasteiger partial charge in [0.15, 0.2) is 0 Å². The number of pyridine rings is 1. The monoisotopic (exact) mass is 371 g/mol. The zero-order valence-corrected chi connectivity index (χ0v) is 15.7. The number of nitrogens with zero attached hydrogens (tertiary/aromatic N) is 2. The molecule has 5 nitrogen and oxygen atoms in total. The van der Waals surface area contributed by atoms with Gasteiger partial charge in [-0.1, -0.05) is 42.5 Å². The fourth-order valence-corrected chi connectivity index (χ4v) is 3.43. The van der Waals surface area contributed by atoms with E-state index >= 15 is 0 Å². The number of rotatable bonds is 3. The number of aryl methyl sites for hydroxylation is 1. The quantitative estimate of drug-likeness (QED) is 0.761. The normalized spacial score (nSPS) is 13.0. The number of carbonyl (C=O) groups excluding carboxylic acids is 2. The van der Waals surface area contributed by atoms with Gasteiger partial charge in [0.25, 0.3) is 11.8 Å². The number of aromatic nitrogens is 1. The molecule has 28 heavy (non-hydrogen) atoms. The Labute approximate surface area is 164 Å². The van der Waals surface area contributed by atoms with Crippen LogP contribution in [0.3, 0.4) is 0 Å². The molecule has 0 saturated carbocycles. The number of hydrogen-bond acceptors (Lipinski definition) is 3. The SMILES string of the molecule is Cc1ccccc1NC(=O)c1ccnc(C(=O)N2CCc3ccccc3C2)c1. The van der Waals surface area contributed by atoms with E-state index in [0.717, 1.165) is 23.2 Å². The first-order valence-corrected chi connectivity index (χ1v) is 9.31. The number of carbonyl (C=O) groups is 2. The molecule has 0 radical (unpaired) electrons. The third-order valence-corrected chi connectivity index (χ3v) is 5.05. The highest BCUT2D eigenvalue weighted by molar-refractivity contribution is 6.06. The van der Waals surface area contributed by atoms with Gasteiger partial charge in [0.05, 0.1) is 0 Å². The van der Waals surface area contributed by atoms with E-state index in [1.54, 1.807) is 17.0 Å². The first kappa shape index (κ1) is 17.9. The summed E-state index contributed by atoms with van der Waals surface area (Å²) in [5.74, 6) is -0.408. The molecule has 2 aromatic carbocycles. The molecule has 0 unspecified atom stereocenters. The second kappa shape index (κ2) is 7.64. The molecule has 0 fully saturated rings. The van der Waals surface area contributed by atoms with Gasteiger partial charge in [-0.15, -0.1) is 0 Å². The third-order valence-electron chi connectivity index (χ3n) is 5.05. The first-order chi connectivity index (χ1) is 13.6. The lowest BCUT2D eigenvalue weighted by molar-refractivity contribution is 0.0728. The number of anilines is 1. The molecule has 0 spiro atoms. The average molecular weight is 371 g/mol. The fraction of sp³-hybridized carbons (Fsp3) is 0.174. The lowest BCUT2D eigenvalue weighted by Crippen LogP contribution is -2.36. The molecule has 1 aromatic heterocycles. The minimum absolute atomic E-state index is 0.153. The van der Waals surface area contributed by atoms with E-state index in [4.69, 9.17) is 0 Å². The second-order valence-electron chi connectivity index (χ2n) is 6.94. The van der Waals surface area contributed by atoms with Crippen LogP contribution in [0, 0.1) is 6.92 Å². The van der Waals surface area contributed by atoms with Crippen LogP contribution < -0.4 is 5.32 Å². The molecule has 0 aliphatic carbocycles. The van der Waals surface area contributed by atoms with Crippen LogP contribution in [0.4, 0.5) is 5.69 Å². The summed E-state index contributed by atoms with van der Waals surface area (Å²) >= 11 is 0. The van der Waals surface area contributed by atoms with Gasteiger partial charge >= 0.3 is 0 Å². The molecule has 0 bridgehead atoms. The number of nitrogens with one attached hydrogen (secondary N) is 1. The van der Waals surface area contributed by atoms with E-state index in [-0.39, 0.29) is 17.5 Å². The Hall–Kier alpha value is -3.47. The molecular formula is C23H21N3O2. The average Bonchev–Trinajstić information content (AvgIpc) is 2.74. The molecular weight excluding hydrogens is 350 g/mol. The molecule has 140 valence electrons. The van der Waals surface area contributed by atoms with Gasteiger partial charge in [0.2, 0.25) is 0 Å². The molecule has 2 amide bonds. The topological polar surface area (TPSA) is 62.3 Å². The van der Waals surface area contributed by atoms with Crippen LogP contribution in [-0.4, -0.2) is 28.2 Å². The molecule has 1 N–H and O–H groups in total. The fourth-order valence-electron chi connectivity index (χ4n) is 3.43. The molecule has 5 heteroatoms. The van der Waals surface area contributed by atoms with Gasteiger partial charge in [-0.05, 0) is 48.2 Å². The molecule has 0 atom stereocenters. The number of amides is 2. The Morgan fingerprint density at radius 2 is 1.75 bits per heavy atom. The van der Waals surface area contributed by atoms with Crippen LogP contribution in [0.15, 0.2) is 66.9 Å². The van der Waals surface area contributed by atoms with Crippen molar-refractivity contribution in [2.24, 2.45) is 0 Å². The van der Waals surface area contributed by atoms with Crippen LogP contribution in [0.1, 0.15) is 37.5 Å². The maximum Gasteiger partial charge on any atom is 0.272 e. The smallest absolute Gasteiger partial charge is 0.272 e. The van der Waals surface area contributed by atoms with Crippen LogP contribution in [0.25, 0.3) is 0 Å². The predicted molar refractivity (Wildman–Crippen MR) is 108 cm³/mol. The van der Waals surface area contributed by atoms with Crippen molar-refractivity contribution >= 4 is 17.5 Å². The van der Waals surface area contributed by atoms with Crippen LogP contribution in [0.2, 0.25) is 0 Å². The maximum absolute atomic E-state index is 12.9. The van der Waals surface area contributed by atoms with Crippen molar-refractivity contribution in [2.45, 2.75) is 19.9 Å². The summed E-state index contributed by atoms with van der Waals surface area (Å²) in [6, 6.07) is 18.9. The Balaban J connectivity index is 1.51. The number of fused-ring (bicyclic) bond motifs is 1. The molecule has 4 rings (SSSR count). The number of hydrogen-bond donors (Lipinski definition) is 1. The van der Waals surface area contributed by atoms with Gasteiger partial charge in [0.1, 0.15) is 5.69 Å². The van der Waals surface area contributed by atoms with Crippen molar-refractivity contribution in [3.8, 4) is 0 Å². The highest BCUT2D eigenvalue weighted by Gasteiger charge is 2.23. The van der Waals surface area contributed by atoms with E-state index in [0.29, 0.717) is 18.7 Å². The lowest BCUT2D eigenvalue weighted by Gasteiger charge is -2.28. The maximum atomic E-state index is 12.9. The summed E-state index contributed by atoms with van der Waals surface area (Å²) in [5, 5.41) is 2.89. The molecule has 0 saturated heterocycles. The van der Waals surface area contributed by atoms with Gasteiger partial charge in [0, 0.05) is 30.5 Å². The summed E-state index contributed by atoms with van der Waals surface area (Å²) in [4.78, 5) is 31.5. The Morgan fingerprint density at radius 3 is 2.57 bits per heavy atom. The van der Waals surface area contributed by atoms with E-state index < -0.39 is 0 Å². The van der Waals surface area contributed by atoms with Crippen molar-refractivity contribution in [1.29, 1.82) is 0 Å². The summed E-state index contributed by atoms with van der Waals surface area (Å²) < 4.78 is 0. The molecule has 1 aliphatic rings. The Kier molecular flexibility index (Phi) is 4.89. The van der Waals surface area contributed by atoms with Gasteiger partial charge < -0.3 is 10.2 Å². The van der Waals surface area contributed by atoms with Crippen molar-refractivity contribution in [3.05, 3.63) is 94.8 Å². The van der Waals surface area contributed by atoms with E-state index in [2.05, 4.69) is 16.4 Å². The number of para-hydroxylation sites is 1. The standard InChI is InChI=1S/C23H21N3O2/c1-16-6-2-5-9-20(16)25-22(27)18-10-12-24-21(14-18)23(28)26-13-11-17-7-3-4-8-19(17)15-26/h2-10,12,14H,11,13,15H2,1H3,(H,25,27).